The number of nitrogens with zero attached hydrogens (tertiary/aromatic N) is 3. The standard InChI is InChI=1S/C22H33N3O4/c1-13(2)14(3)18(24-25-23)11-26-21-16(5)15(4)20-19(28-21)12-27-22(29-20)17-9-7-6-8-10-17/h6-10,13-16,18-22H,11-12H2,1-5H3/t14-,15-,16?,18+,19?,20-,21+,22?/m1/s1. The van der Waals surface area contributed by atoms with Crippen LogP contribution in [0.15, 0.2) is 35.4 Å². The van der Waals surface area contributed by atoms with Crippen molar-refractivity contribution in [1.82, 2.24) is 0 Å². The molecule has 3 rings (SSSR count). The molecular weight excluding hydrogens is 370 g/mol. The van der Waals surface area contributed by atoms with Crippen molar-refractivity contribution in [3.8, 4) is 0 Å². The van der Waals surface area contributed by atoms with E-state index in [-0.39, 0.29) is 48.6 Å². The fourth-order valence-corrected chi connectivity index (χ4v) is 3.94. The topological polar surface area (TPSA) is 85.7 Å². The van der Waals surface area contributed by atoms with Crippen LogP contribution in [0, 0.1) is 23.7 Å². The molecule has 0 amide bonds. The van der Waals surface area contributed by atoms with E-state index < -0.39 is 0 Å². The van der Waals surface area contributed by atoms with Crippen LogP contribution in [0.3, 0.4) is 0 Å². The summed E-state index contributed by atoms with van der Waals surface area (Å²) in [5, 5.41) is 3.95. The van der Waals surface area contributed by atoms with E-state index in [2.05, 4.69) is 44.6 Å². The minimum absolute atomic E-state index is 0.0497. The molecule has 0 N–H and O–H groups in total. The Balaban J connectivity index is 1.62. The molecule has 0 aromatic heterocycles. The van der Waals surface area contributed by atoms with Crippen molar-refractivity contribution in [2.75, 3.05) is 13.2 Å². The van der Waals surface area contributed by atoms with Crippen LogP contribution in [0.4, 0.5) is 0 Å². The number of hydrogen-bond acceptors (Lipinski definition) is 5. The summed E-state index contributed by atoms with van der Waals surface area (Å²) in [6, 6.07) is 9.76. The molecule has 2 heterocycles. The fourth-order valence-electron chi connectivity index (χ4n) is 3.94. The monoisotopic (exact) mass is 403 g/mol. The summed E-state index contributed by atoms with van der Waals surface area (Å²) in [6.07, 6.45) is -0.963. The molecule has 7 heteroatoms. The molecular formula is C22H33N3O4. The lowest BCUT2D eigenvalue weighted by molar-refractivity contribution is -0.343. The van der Waals surface area contributed by atoms with Crippen molar-refractivity contribution in [3.63, 3.8) is 0 Å². The zero-order valence-electron chi connectivity index (χ0n) is 18.0. The van der Waals surface area contributed by atoms with Gasteiger partial charge in [-0.1, -0.05) is 70.1 Å². The Kier molecular flexibility index (Phi) is 7.55. The van der Waals surface area contributed by atoms with Gasteiger partial charge in [0.25, 0.3) is 0 Å². The van der Waals surface area contributed by atoms with Crippen LogP contribution in [-0.2, 0) is 18.9 Å². The molecule has 8 atom stereocenters. The van der Waals surface area contributed by atoms with Crippen LogP contribution >= 0.6 is 0 Å². The van der Waals surface area contributed by atoms with Gasteiger partial charge in [-0.05, 0) is 23.3 Å². The molecule has 0 saturated carbocycles. The van der Waals surface area contributed by atoms with Crippen molar-refractivity contribution in [1.29, 1.82) is 0 Å². The predicted molar refractivity (Wildman–Crippen MR) is 110 cm³/mol. The highest BCUT2D eigenvalue weighted by Gasteiger charge is 2.46. The van der Waals surface area contributed by atoms with Gasteiger partial charge in [0.2, 0.25) is 0 Å². The van der Waals surface area contributed by atoms with Crippen LogP contribution in [0.2, 0.25) is 0 Å². The fraction of sp³-hybridized carbons (Fsp3) is 0.727. The lowest BCUT2D eigenvalue weighted by Crippen LogP contribution is -2.56. The molecule has 0 radical (unpaired) electrons. The van der Waals surface area contributed by atoms with E-state index in [1.807, 2.05) is 30.3 Å². The Morgan fingerprint density at radius 1 is 1.14 bits per heavy atom. The number of benzene rings is 1. The third-order valence-corrected chi connectivity index (χ3v) is 6.51. The molecule has 1 aromatic rings. The Bertz CT molecular complexity index is 693. The summed E-state index contributed by atoms with van der Waals surface area (Å²) in [7, 11) is 0. The molecule has 3 unspecified atom stereocenters. The molecule has 0 bridgehead atoms. The zero-order chi connectivity index (χ0) is 21.0. The minimum Gasteiger partial charge on any atom is -0.352 e. The van der Waals surface area contributed by atoms with Gasteiger partial charge in [-0.15, -0.1) is 0 Å². The van der Waals surface area contributed by atoms with Crippen LogP contribution in [0.1, 0.15) is 46.5 Å². The van der Waals surface area contributed by atoms with E-state index in [0.717, 1.165) is 5.56 Å². The van der Waals surface area contributed by atoms with Crippen molar-refractivity contribution >= 4 is 0 Å². The summed E-state index contributed by atoms with van der Waals surface area (Å²) < 4.78 is 24.5. The molecule has 0 aliphatic carbocycles. The molecule has 29 heavy (non-hydrogen) atoms. The first-order chi connectivity index (χ1) is 13.9. The van der Waals surface area contributed by atoms with Gasteiger partial charge in [-0.25, -0.2) is 0 Å². The van der Waals surface area contributed by atoms with Crippen molar-refractivity contribution < 1.29 is 18.9 Å². The Morgan fingerprint density at radius 3 is 2.52 bits per heavy atom. The number of hydrogen-bond donors (Lipinski definition) is 0. The average molecular weight is 404 g/mol. The maximum absolute atomic E-state index is 8.91. The van der Waals surface area contributed by atoms with Crippen LogP contribution in [0.5, 0.6) is 0 Å². The maximum atomic E-state index is 8.91. The van der Waals surface area contributed by atoms with E-state index in [4.69, 9.17) is 24.5 Å². The first-order valence-electron chi connectivity index (χ1n) is 10.6. The number of fused-ring (bicyclic) bond motifs is 1. The highest BCUT2D eigenvalue weighted by atomic mass is 16.7. The van der Waals surface area contributed by atoms with E-state index in [0.29, 0.717) is 19.1 Å². The quantitative estimate of drug-likeness (QED) is 0.361. The highest BCUT2D eigenvalue weighted by molar-refractivity contribution is 5.16. The van der Waals surface area contributed by atoms with Gasteiger partial charge in [0.1, 0.15) is 6.10 Å². The van der Waals surface area contributed by atoms with Gasteiger partial charge in [-0.2, -0.15) is 0 Å². The lowest BCUT2D eigenvalue weighted by Gasteiger charge is -2.48. The average Bonchev–Trinajstić information content (AvgIpc) is 2.74. The third-order valence-electron chi connectivity index (χ3n) is 6.51. The van der Waals surface area contributed by atoms with Gasteiger partial charge in [0, 0.05) is 16.4 Å². The molecule has 2 aliphatic heterocycles. The van der Waals surface area contributed by atoms with Gasteiger partial charge >= 0.3 is 0 Å². The summed E-state index contributed by atoms with van der Waals surface area (Å²) in [5.74, 6) is 1.02. The summed E-state index contributed by atoms with van der Waals surface area (Å²) in [6.45, 7) is 11.4. The zero-order valence-corrected chi connectivity index (χ0v) is 18.0. The second-order valence-corrected chi connectivity index (χ2v) is 8.65. The van der Waals surface area contributed by atoms with Gasteiger partial charge in [0.05, 0.1) is 25.4 Å². The molecule has 2 fully saturated rings. The third kappa shape index (κ3) is 5.11. The predicted octanol–water partition coefficient (Wildman–Crippen LogP) is 5.09. The van der Waals surface area contributed by atoms with Crippen LogP contribution in [0.25, 0.3) is 10.4 Å². The van der Waals surface area contributed by atoms with E-state index in [1.165, 1.54) is 0 Å². The van der Waals surface area contributed by atoms with Gasteiger partial charge in [0.15, 0.2) is 12.6 Å². The first-order valence-corrected chi connectivity index (χ1v) is 10.6. The smallest absolute Gasteiger partial charge is 0.184 e. The molecule has 2 saturated heterocycles. The second kappa shape index (κ2) is 9.92. The lowest BCUT2D eigenvalue weighted by atomic mass is 9.84. The number of azide groups is 1. The molecule has 2 aliphatic rings. The van der Waals surface area contributed by atoms with Crippen molar-refractivity contribution in [2.45, 2.75) is 65.4 Å². The maximum Gasteiger partial charge on any atom is 0.184 e. The first kappa shape index (κ1) is 22.1. The van der Waals surface area contributed by atoms with E-state index in [9.17, 15) is 0 Å². The normalized spacial score (nSPS) is 34.1. The summed E-state index contributed by atoms with van der Waals surface area (Å²) >= 11 is 0. The summed E-state index contributed by atoms with van der Waals surface area (Å²) in [5.41, 5.74) is 9.93. The van der Waals surface area contributed by atoms with Crippen molar-refractivity contribution in [2.24, 2.45) is 28.8 Å². The molecule has 0 spiro atoms. The Labute approximate surface area is 173 Å². The summed E-state index contributed by atoms with van der Waals surface area (Å²) in [4.78, 5) is 3.00. The molecule has 7 nitrogen and oxygen atoms in total. The van der Waals surface area contributed by atoms with Crippen molar-refractivity contribution in [3.05, 3.63) is 46.3 Å². The van der Waals surface area contributed by atoms with Crippen LogP contribution < -0.4 is 0 Å². The van der Waals surface area contributed by atoms with Crippen LogP contribution in [-0.4, -0.2) is 37.8 Å². The Hall–Kier alpha value is -1.63. The van der Waals surface area contributed by atoms with E-state index in [1.54, 1.807) is 0 Å². The Morgan fingerprint density at radius 2 is 1.86 bits per heavy atom. The highest BCUT2D eigenvalue weighted by Crippen LogP contribution is 2.39. The minimum atomic E-state index is -0.373. The molecule has 1 aromatic carbocycles. The van der Waals surface area contributed by atoms with Gasteiger partial charge in [-0.3, -0.25) is 0 Å². The van der Waals surface area contributed by atoms with Gasteiger partial charge < -0.3 is 18.9 Å². The largest absolute Gasteiger partial charge is 0.352 e. The SMILES string of the molecule is CC(C)[C@@H](C)[C@H](CO[C@H]1OC2COC(c3ccccc3)O[C@@H]2[C@H](C)C1C)N=[N+]=[N-]. The number of ether oxygens (including phenoxy) is 4. The second-order valence-electron chi connectivity index (χ2n) is 8.65. The van der Waals surface area contributed by atoms with E-state index >= 15 is 0 Å². The molecule has 160 valence electrons. The number of rotatable bonds is 7.